The van der Waals surface area contributed by atoms with E-state index in [4.69, 9.17) is 0 Å². The van der Waals surface area contributed by atoms with Crippen LogP contribution in [-0.4, -0.2) is 35.0 Å². The molecule has 132 valence electrons. The van der Waals surface area contributed by atoms with Crippen LogP contribution in [0.1, 0.15) is 29.7 Å². The number of aliphatic hydroxyl groups excluding tert-OH is 1. The third-order valence-electron chi connectivity index (χ3n) is 4.81. The number of benzene rings is 2. The van der Waals surface area contributed by atoms with Crippen molar-refractivity contribution in [3.05, 3.63) is 71.0 Å². The quantitative estimate of drug-likeness (QED) is 0.877. The standard InChI is InChI=1S/C20H23FN2O2/c1-14(23-11-10-15-4-2-3-5-17(15)13-23)20(25)22-12-19(24)16-6-8-18(21)9-7-16/h2-9,14,19,24H,10-13H2,1H3,(H,22,25). The summed E-state index contributed by atoms with van der Waals surface area (Å²) in [6.45, 7) is 3.59. The van der Waals surface area contributed by atoms with E-state index in [1.165, 1.54) is 35.4 Å². The van der Waals surface area contributed by atoms with Gasteiger partial charge in [0.2, 0.25) is 5.91 Å². The van der Waals surface area contributed by atoms with Crippen molar-refractivity contribution in [3.8, 4) is 0 Å². The second-order valence-corrected chi connectivity index (χ2v) is 6.48. The third-order valence-corrected chi connectivity index (χ3v) is 4.81. The molecule has 0 fully saturated rings. The minimum atomic E-state index is -0.848. The molecule has 1 aliphatic heterocycles. The van der Waals surface area contributed by atoms with Gasteiger partial charge in [0, 0.05) is 19.6 Å². The molecular formula is C20H23FN2O2. The Morgan fingerprint density at radius 3 is 2.60 bits per heavy atom. The van der Waals surface area contributed by atoms with Crippen LogP contribution in [0.25, 0.3) is 0 Å². The number of hydrogen-bond acceptors (Lipinski definition) is 3. The highest BCUT2D eigenvalue weighted by atomic mass is 19.1. The Morgan fingerprint density at radius 1 is 1.20 bits per heavy atom. The van der Waals surface area contributed by atoms with Crippen molar-refractivity contribution in [2.45, 2.75) is 32.0 Å². The van der Waals surface area contributed by atoms with E-state index in [-0.39, 0.29) is 24.3 Å². The largest absolute Gasteiger partial charge is 0.387 e. The average molecular weight is 342 g/mol. The Kier molecular flexibility index (Phi) is 5.46. The van der Waals surface area contributed by atoms with E-state index in [0.29, 0.717) is 5.56 Å². The number of carbonyl (C=O) groups is 1. The van der Waals surface area contributed by atoms with Crippen LogP contribution in [0.4, 0.5) is 4.39 Å². The molecule has 4 nitrogen and oxygen atoms in total. The predicted molar refractivity (Wildman–Crippen MR) is 94.4 cm³/mol. The van der Waals surface area contributed by atoms with E-state index >= 15 is 0 Å². The summed E-state index contributed by atoms with van der Waals surface area (Å²) >= 11 is 0. The lowest BCUT2D eigenvalue weighted by Crippen LogP contribution is -2.47. The minimum Gasteiger partial charge on any atom is -0.387 e. The predicted octanol–water partition coefficient (Wildman–Crippen LogP) is 2.42. The summed E-state index contributed by atoms with van der Waals surface area (Å²) in [4.78, 5) is 14.6. The Hall–Kier alpha value is -2.24. The number of fused-ring (bicyclic) bond motifs is 1. The summed E-state index contributed by atoms with van der Waals surface area (Å²) in [5.74, 6) is -0.459. The molecule has 5 heteroatoms. The molecule has 1 amide bonds. The lowest BCUT2D eigenvalue weighted by atomic mass is 9.99. The maximum absolute atomic E-state index is 12.9. The van der Waals surface area contributed by atoms with Gasteiger partial charge in [-0.15, -0.1) is 0 Å². The minimum absolute atomic E-state index is 0.110. The number of carbonyl (C=O) groups excluding carboxylic acids is 1. The van der Waals surface area contributed by atoms with E-state index in [0.717, 1.165) is 19.5 Å². The number of hydrogen-bond donors (Lipinski definition) is 2. The van der Waals surface area contributed by atoms with Gasteiger partial charge in [-0.3, -0.25) is 9.69 Å². The molecule has 3 rings (SSSR count). The Morgan fingerprint density at radius 2 is 1.88 bits per heavy atom. The van der Waals surface area contributed by atoms with Crippen LogP contribution in [0.15, 0.2) is 48.5 Å². The topological polar surface area (TPSA) is 52.6 Å². The van der Waals surface area contributed by atoms with E-state index in [9.17, 15) is 14.3 Å². The normalized spacial score (nSPS) is 16.8. The number of amides is 1. The first-order valence-electron chi connectivity index (χ1n) is 8.56. The van der Waals surface area contributed by atoms with Crippen molar-refractivity contribution in [2.75, 3.05) is 13.1 Å². The maximum atomic E-state index is 12.9. The first-order chi connectivity index (χ1) is 12.0. The van der Waals surface area contributed by atoms with Gasteiger partial charge < -0.3 is 10.4 Å². The third kappa shape index (κ3) is 4.24. The monoisotopic (exact) mass is 342 g/mol. The zero-order valence-electron chi connectivity index (χ0n) is 14.3. The highest BCUT2D eigenvalue weighted by Gasteiger charge is 2.25. The fraction of sp³-hybridized carbons (Fsp3) is 0.350. The Labute approximate surface area is 147 Å². The molecule has 2 aromatic carbocycles. The fourth-order valence-corrected chi connectivity index (χ4v) is 3.16. The van der Waals surface area contributed by atoms with Crippen LogP contribution >= 0.6 is 0 Å². The van der Waals surface area contributed by atoms with Gasteiger partial charge in [0.15, 0.2) is 0 Å². The molecule has 0 aromatic heterocycles. The lowest BCUT2D eigenvalue weighted by Gasteiger charge is -2.33. The molecule has 0 radical (unpaired) electrons. The molecule has 2 aromatic rings. The van der Waals surface area contributed by atoms with Crippen LogP contribution in [0, 0.1) is 5.82 Å². The Bertz CT molecular complexity index is 733. The molecule has 25 heavy (non-hydrogen) atoms. The van der Waals surface area contributed by atoms with Crippen LogP contribution in [-0.2, 0) is 17.8 Å². The highest BCUT2D eigenvalue weighted by molar-refractivity contribution is 5.81. The molecular weight excluding hydrogens is 319 g/mol. The summed E-state index contributed by atoms with van der Waals surface area (Å²) in [5.41, 5.74) is 3.19. The maximum Gasteiger partial charge on any atom is 0.237 e. The molecule has 2 atom stereocenters. The Balaban J connectivity index is 1.54. The molecule has 0 bridgehead atoms. The second-order valence-electron chi connectivity index (χ2n) is 6.48. The van der Waals surface area contributed by atoms with E-state index in [1.807, 2.05) is 19.1 Å². The number of nitrogens with zero attached hydrogens (tertiary/aromatic N) is 1. The fourth-order valence-electron chi connectivity index (χ4n) is 3.16. The van der Waals surface area contributed by atoms with Crippen molar-refractivity contribution in [2.24, 2.45) is 0 Å². The van der Waals surface area contributed by atoms with Crippen LogP contribution in [0.3, 0.4) is 0 Å². The molecule has 2 N–H and O–H groups in total. The summed E-state index contributed by atoms with van der Waals surface area (Å²) in [5, 5.41) is 12.9. The molecule has 0 saturated carbocycles. The van der Waals surface area contributed by atoms with Gasteiger partial charge in [-0.05, 0) is 42.2 Å². The van der Waals surface area contributed by atoms with Gasteiger partial charge in [-0.2, -0.15) is 0 Å². The van der Waals surface area contributed by atoms with Gasteiger partial charge in [-0.1, -0.05) is 36.4 Å². The van der Waals surface area contributed by atoms with Crippen molar-refractivity contribution in [3.63, 3.8) is 0 Å². The van der Waals surface area contributed by atoms with E-state index in [2.05, 4.69) is 22.3 Å². The van der Waals surface area contributed by atoms with Crippen LogP contribution in [0.2, 0.25) is 0 Å². The van der Waals surface area contributed by atoms with Crippen molar-refractivity contribution in [1.82, 2.24) is 10.2 Å². The van der Waals surface area contributed by atoms with Crippen LogP contribution in [0.5, 0.6) is 0 Å². The number of aliphatic hydroxyl groups is 1. The highest BCUT2D eigenvalue weighted by Crippen LogP contribution is 2.20. The zero-order valence-corrected chi connectivity index (χ0v) is 14.3. The van der Waals surface area contributed by atoms with Crippen molar-refractivity contribution in [1.29, 1.82) is 0 Å². The van der Waals surface area contributed by atoms with Gasteiger partial charge >= 0.3 is 0 Å². The van der Waals surface area contributed by atoms with E-state index < -0.39 is 6.10 Å². The smallest absolute Gasteiger partial charge is 0.237 e. The zero-order chi connectivity index (χ0) is 17.8. The van der Waals surface area contributed by atoms with Gasteiger partial charge in [0.25, 0.3) is 0 Å². The second kappa shape index (κ2) is 7.76. The average Bonchev–Trinajstić information content (AvgIpc) is 2.65. The molecule has 0 spiro atoms. The first kappa shape index (κ1) is 17.6. The number of rotatable bonds is 5. The van der Waals surface area contributed by atoms with Crippen LogP contribution < -0.4 is 5.32 Å². The number of nitrogens with one attached hydrogen (secondary N) is 1. The molecule has 0 saturated heterocycles. The summed E-state index contributed by atoms with van der Waals surface area (Å²) in [6.07, 6.45) is 0.0882. The van der Waals surface area contributed by atoms with E-state index in [1.54, 1.807) is 0 Å². The van der Waals surface area contributed by atoms with Gasteiger partial charge in [0.1, 0.15) is 5.82 Å². The molecule has 1 aliphatic rings. The summed E-state index contributed by atoms with van der Waals surface area (Å²) in [7, 11) is 0. The van der Waals surface area contributed by atoms with Crippen molar-refractivity contribution >= 4 is 5.91 Å². The van der Waals surface area contributed by atoms with Crippen molar-refractivity contribution < 1.29 is 14.3 Å². The molecule has 1 heterocycles. The SMILES string of the molecule is CC(C(=O)NCC(O)c1ccc(F)cc1)N1CCc2ccccc2C1. The molecule has 0 aliphatic carbocycles. The molecule has 2 unspecified atom stereocenters. The van der Waals surface area contributed by atoms with Gasteiger partial charge in [-0.25, -0.2) is 4.39 Å². The summed E-state index contributed by atoms with van der Waals surface area (Å²) in [6, 6.07) is 13.7. The number of halogens is 1. The van der Waals surface area contributed by atoms with Gasteiger partial charge in [0.05, 0.1) is 12.1 Å². The lowest BCUT2D eigenvalue weighted by molar-refractivity contribution is -0.126. The summed E-state index contributed by atoms with van der Waals surface area (Å²) < 4.78 is 12.9. The first-order valence-corrected chi connectivity index (χ1v) is 8.56.